The molecule has 28 heavy (non-hydrogen) atoms. The predicted molar refractivity (Wildman–Crippen MR) is 102 cm³/mol. The summed E-state index contributed by atoms with van der Waals surface area (Å²) in [6.07, 6.45) is 12.9. The Morgan fingerprint density at radius 1 is 1.32 bits per heavy atom. The highest BCUT2D eigenvalue weighted by atomic mass is 16.5. The highest BCUT2D eigenvalue weighted by molar-refractivity contribution is 5.67. The van der Waals surface area contributed by atoms with Gasteiger partial charge in [-0.05, 0) is 19.1 Å². The molecular weight excluding hydrogens is 356 g/mol. The molecule has 5 rings (SSSR count). The molecule has 0 radical (unpaired) electrons. The molecule has 2 N–H and O–H groups in total. The molecule has 2 aliphatic rings. The largest absolute Gasteiger partial charge is 0.507 e. The number of nitrogens with one attached hydrogen (secondary N) is 1. The van der Waals surface area contributed by atoms with Crippen LogP contribution in [0.25, 0.3) is 16.9 Å². The monoisotopic (exact) mass is 376 g/mol. The van der Waals surface area contributed by atoms with E-state index < -0.39 is 0 Å². The van der Waals surface area contributed by atoms with Gasteiger partial charge >= 0.3 is 6.01 Å². The van der Waals surface area contributed by atoms with Crippen LogP contribution in [0.5, 0.6) is 11.8 Å². The molecule has 2 aromatic heterocycles. The molecule has 2 bridgehead atoms. The summed E-state index contributed by atoms with van der Waals surface area (Å²) in [5, 5.41) is 22.2. The van der Waals surface area contributed by atoms with E-state index in [4.69, 9.17) is 4.74 Å². The van der Waals surface area contributed by atoms with Crippen molar-refractivity contribution in [2.24, 2.45) is 0 Å². The van der Waals surface area contributed by atoms with Gasteiger partial charge in [0.05, 0.1) is 18.2 Å². The second-order valence-electron chi connectivity index (χ2n) is 7.50. The number of nitrogens with zero attached hydrogens (tertiary/aromatic N) is 5. The van der Waals surface area contributed by atoms with Crippen molar-refractivity contribution in [1.29, 1.82) is 0 Å². The first-order chi connectivity index (χ1) is 13.6. The minimum atomic E-state index is -0.0241. The van der Waals surface area contributed by atoms with E-state index in [0.717, 1.165) is 18.5 Å². The van der Waals surface area contributed by atoms with Crippen molar-refractivity contribution < 1.29 is 9.84 Å². The Morgan fingerprint density at radius 3 is 2.96 bits per heavy atom. The number of fused-ring (bicyclic) bond motifs is 2. The van der Waals surface area contributed by atoms with Gasteiger partial charge in [0, 0.05) is 48.4 Å². The summed E-state index contributed by atoms with van der Waals surface area (Å²) < 4.78 is 7.76. The number of imidazole rings is 1. The molecule has 1 aromatic carbocycles. The van der Waals surface area contributed by atoms with Gasteiger partial charge in [-0.15, -0.1) is 5.10 Å². The van der Waals surface area contributed by atoms with Gasteiger partial charge in [0.15, 0.2) is 0 Å². The lowest BCUT2D eigenvalue weighted by molar-refractivity contribution is 0.105. The minimum Gasteiger partial charge on any atom is -0.507 e. The molecule has 4 heterocycles. The maximum absolute atomic E-state index is 10.4. The van der Waals surface area contributed by atoms with Gasteiger partial charge < -0.3 is 19.7 Å². The molecule has 3 aromatic rings. The summed E-state index contributed by atoms with van der Waals surface area (Å²) in [5.74, 6) is 0.102. The number of hydrogen-bond acceptors (Lipinski definition) is 7. The smallest absolute Gasteiger partial charge is 0.335 e. The van der Waals surface area contributed by atoms with E-state index in [1.165, 1.54) is 0 Å². The third-order valence-electron chi connectivity index (χ3n) is 5.25. The topological polar surface area (TPSA) is 98.0 Å². The summed E-state index contributed by atoms with van der Waals surface area (Å²) in [6.45, 7) is 2.16. The van der Waals surface area contributed by atoms with Crippen LogP contribution in [0.4, 0.5) is 0 Å². The van der Waals surface area contributed by atoms with E-state index >= 15 is 0 Å². The van der Waals surface area contributed by atoms with Crippen molar-refractivity contribution >= 4 is 0 Å². The molecule has 0 saturated carbocycles. The molecule has 2 aliphatic heterocycles. The maximum atomic E-state index is 10.4. The van der Waals surface area contributed by atoms with Crippen molar-refractivity contribution in [3.05, 3.63) is 55.3 Å². The second-order valence-corrected chi connectivity index (χ2v) is 7.50. The highest BCUT2D eigenvalue weighted by Crippen LogP contribution is 2.32. The van der Waals surface area contributed by atoms with Gasteiger partial charge in [0.1, 0.15) is 17.5 Å². The van der Waals surface area contributed by atoms with Crippen molar-refractivity contribution in [2.75, 3.05) is 0 Å². The standard InChI is InChI=1S/C20H20N6O2/c1-20-5-4-13(23-20)8-15(10-20)28-19-22-11-17(24-25-19)16-3-2-14(9-18(16)27)26-7-6-21-12-26/h2-7,9,11-13,15,23,27H,8,10H2,1H3/t13?,15-,20+/m0/s1. The Labute approximate surface area is 161 Å². The zero-order valence-electron chi connectivity index (χ0n) is 15.4. The van der Waals surface area contributed by atoms with Crippen molar-refractivity contribution in [2.45, 2.75) is 37.5 Å². The quantitative estimate of drug-likeness (QED) is 0.674. The zero-order valence-corrected chi connectivity index (χ0v) is 15.4. The third-order valence-corrected chi connectivity index (χ3v) is 5.25. The summed E-state index contributed by atoms with van der Waals surface area (Å²) in [4.78, 5) is 8.30. The lowest BCUT2D eigenvalue weighted by Crippen LogP contribution is -2.51. The SMILES string of the molecule is C[C@@]12C=CC(C[C@H](Oc3ncc(-c4ccc(-n5ccnc5)cc4O)nn3)C1)N2. The number of rotatable bonds is 4. The first-order valence-electron chi connectivity index (χ1n) is 9.23. The van der Waals surface area contributed by atoms with Crippen LogP contribution < -0.4 is 10.1 Å². The normalized spacial score (nSPS) is 25.8. The predicted octanol–water partition coefficient (Wildman–Crippen LogP) is 2.26. The van der Waals surface area contributed by atoms with Gasteiger partial charge in [-0.2, -0.15) is 0 Å². The lowest BCUT2D eigenvalue weighted by Gasteiger charge is -2.35. The van der Waals surface area contributed by atoms with Crippen molar-refractivity contribution in [1.82, 2.24) is 30.0 Å². The van der Waals surface area contributed by atoms with E-state index in [9.17, 15) is 5.11 Å². The van der Waals surface area contributed by atoms with E-state index in [1.807, 2.05) is 16.8 Å². The number of benzene rings is 1. The molecule has 1 saturated heterocycles. The maximum Gasteiger partial charge on any atom is 0.335 e. The fraction of sp³-hybridized carbons (Fsp3) is 0.300. The van der Waals surface area contributed by atoms with Crippen LogP contribution in [-0.2, 0) is 0 Å². The number of phenolic OH excluding ortho intramolecular Hbond substituents is 1. The molecule has 8 heteroatoms. The van der Waals surface area contributed by atoms with Crippen LogP contribution in [0.15, 0.2) is 55.3 Å². The number of piperidine rings is 1. The Bertz CT molecular complexity index is 1020. The number of phenols is 1. The van der Waals surface area contributed by atoms with E-state index in [2.05, 4.69) is 44.6 Å². The number of aromatic hydroxyl groups is 1. The van der Waals surface area contributed by atoms with Crippen LogP contribution >= 0.6 is 0 Å². The molecule has 1 unspecified atom stereocenters. The lowest BCUT2D eigenvalue weighted by atomic mass is 9.91. The average molecular weight is 376 g/mol. The molecule has 8 nitrogen and oxygen atoms in total. The number of aromatic nitrogens is 5. The van der Waals surface area contributed by atoms with Crippen molar-refractivity contribution in [3.8, 4) is 28.7 Å². The average Bonchev–Trinajstić information content (AvgIpc) is 3.30. The Kier molecular flexibility index (Phi) is 3.87. The third kappa shape index (κ3) is 3.11. The van der Waals surface area contributed by atoms with Crippen molar-refractivity contribution in [3.63, 3.8) is 0 Å². The Morgan fingerprint density at radius 2 is 2.25 bits per heavy atom. The molecule has 0 aliphatic carbocycles. The molecular formula is C20H20N6O2. The van der Waals surface area contributed by atoms with Gasteiger partial charge in [0.25, 0.3) is 0 Å². The summed E-state index contributed by atoms with van der Waals surface area (Å²) >= 11 is 0. The van der Waals surface area contributed by atoms with Gasteiger partial charge in [-0.25, -0.2) is 9.97 Å². The van der Waals surface area contributed by atoms with Gasteiger partial charge in [0.2, 0.25) is 0 Å². The summed E-state index contributed by atoms with van der Waals surface area (Å²) in [5.41, 5.74) is 1.83. The fourth-order valence-corrected chi connectivity index (χ4v) is 3.94. The van der Waals surface area contributed by atoms with E-state index in [0.29, 0.717) is 17.3 Å². The minimum absolute atomic E-state index is 0.0241. The Balaban J connectivity index is 1.31. The van der Waals surface area contributed by atoms with Crippen LogP contribution in [0, 0.1) is 0 Å². The zero-order chi connectivity index (χ0) is 19.1. The molecule has 0 amide bonds. The van der Waals surface area contributed by atoms with Crippen LogP contribution in [-0.4, -0.2) is 47.5 Å². The van der Waals surface area contributed by atoms with Crippen LogP contribution in [0.3, 0.4) is 0 Å². The second kappa shape index (κ2) is 6.42. The summed E-state index contributed by atoms with van der Waals surface area (Å²) in [6, 6.07) is 5.91. The first-order valence-corrected chi connectivity index (χ1v) is 9.23. The summed E-state index contributed by atoms with van der Waals surface area (Å²) in [7, 11) is 0. The van der Waals surface area contributed by atoms with Crippen LogP contribution in [0.1, 0.15) is 19.8 Å². The van der Waals surface area contributed by atoms with E-state index in [-0.39, 0.29) is 23.4 Å². The molecule has 0 spiro atoms. The fourth-order valence-electron chi connectivity index (χ4n) is 3.94. The van der Waals surface area contributed by atoms with Gasteiger partial charge in [-0.3, -0.25) is 0 Å². The molecule has 142 valence electrons. The van der Waals surface area contributed by atoms with E-state index in [1.54, 1.807) is 30.9 Å². The van der Waals surface area contributed by atoms with Gasteiger partial charge in [-0.1, -0.05) is 17.3 Å². The number of hydrogen-bond donors (Lipinski definition) is 2. The molecule has 3 atom stereocenters. The Hall–Kier alpha value is -3.26. The number of ether oxygens (including phenoxy) is 1. The molecule has 1 fully saturated rings. The highest BCUT2D eigenvalue weighted by Gasteiger charge is 2.39. The first kappa shape index (κ1) is 16.9. The van der Waals surface area contributed by atoms with Crippen LogP contribution in [0.2, 0.25) is 0 Å².